The molecular weight excluding hydrogens is 226 g/mol. The second-order valence-corrected chi connectivity index (χ2v) is 6.20. The molecule has 1 aromatic rings. The molecule has 1 N–H and O–H groups in total. The van der Waals surface area contributed by atoms with E-state index in [0.29, 0.717) is 6.42 Å². The van der Waals surface area contributed by atoms with E-state index in [2.05, 4.69) is 30.9 Å². The molecular formula is C14H25N3O. The average Bonchev–Trinajstić information content (AvgIpc) is 2.71. The monoisotopic (exact) mass is 251 g/mol. The van der Waals surface area contributed by atoms with Gasteiger partial charge in [-0.1, -0.05) is 33.6 Å². The second kappa shape index (κ2) is 5.00. The van der Waals surface area contributed by atoms with Crippen LogP contribution in [0.4, 0.5) is 0 Å². The van der Waals surface area contributed by atoms with Crippen molar-refractivity contribution in [1.82, 2.24) is 14.8 Å². The van der Waals surface area contributed by atoms with E-state index in [1.807, 2.05) is 4.68 Å². The summed E-state index contributed by atoms with van der Waals surface area (Å²) in [5.74, 6) is 0.925. The Hall–Kier alpha value is -0.900. The number of aliphatic hydroxyl groups is 1. The first-order valence-corrected chi connectivity index (χ1v) is 7.07. The Morgan fingerprint density at radius 1 is 1.33 bits per heavy atom. The molecule has 0 aliphatic heterocycles. The Balaban J connectivity index is 2.18. The molecule has 1 heterocycles. The van der Waals surface area contributed by atoms with Gasteiger partial charge in [0.25, 0.3) is 0 Å². The molecule has 102 valence electrons. The third kappa shape index (κ3) is 2.44. The van der Waals surface area contributed by atoms with E-state index in [-0.39, 0.29) is 5.41 Å². The summed E-state index contributed by atoms with van der Waals surface area (Å²) in [6.45, 7) is 7.36. The quantitative estimate of drug-likeness (QED) is 0.894. The van der Waals surface area contributed by atoms with Gasteiger partial charge >= 0.3 is 0 Å². The van der Waals surface area contributed by atoms with Crippen molar-refractivity contribution in [3.8, 4) is 0 Å². The fourth-order valence-electron chi connectivity index (χ4n) is 2.97. The summed E-state index contributed by atoms with van der Waals surface area (Å²) in [4.78, 5) is 4.33. The molecule has 2 rings (SSSR count). The zero-order valence-corrected chi connectivity index (χ0v) is 11.8. The Morgan fingerprint density at radius 2 is 2.06 bits per heavy atom. The second-order valence-electron chi connectivity index (χ2n) is 6.20. The Morgan fingerprint density at radius 3 is 2.72 bits per heavy atom. The highest BCUT2D eigenvalue weighted by Crippen LogP contribution is 2.45. The lowest BCUT2D eigenvalue weighted by atomic mass is 9.64. The Labute approximate surface area is 109 Å². The summed E-state index contributed by atoms with van der Waals surface area (Å²) < 4.78 is 1.93. The maximum atomic E-state index is 11.0. The Kier molecular flexibility index (Phi) is 3.76. The molecule has 1 aromatic heterocycles. The number of aryl methyl sites for hydroxylation is 1. The smallest absolute Gasteiger partial charge is 0.138 e. The van der Waals surface area contributed by atoms with Crippen LogP contribution in [0.1, 0.15) is 58.7 Å². The highest BCUT2D eigenvalue weighted by atomic mass is 16.3. The molecule has 1 aliphatic carbocycles. The molecule has 0 saturated heterocycles. The van der Waals surface area contributed by atoms with Crippen LogP contribution in [0, 0.1) is 5.41 Å². The van der Waals surface area contributed by atoms with Gasteiger partial charge in [-0.05, 0) is 24.7 Å². The van der Waals surface area contributed by atoms with Gasteiger partial charge in [-0.3, -0.25) is 4.68 Å². The number of hydrogen-bond donors (Lipinski definition) is 1. The number of rotatable bonds is 4. The van der Waals surface area contributed by atoms with Gasteiger partial charge in [0.15, 0.2) is 0 Å². The summed E-state index contributed by atoms with van der Waals surface area (Å²) in [6.07, 6.45) is 7.56. The van der Waals surface area contributed by atoms with Crippen LogP contribution in [0.25, 0.3) is 0 Å². The van der Waals surface area contributed by atoms with Crippen molar-refractivity contribution in [3.05, 3.63) is 12.2 Å². The third-order valence-electron chi connectivity index (χ3n) is 4.48. The van der Waals surface area contributed by atoms with Crippen molar-refractivity contribution in [3.63, 3.8) is 0 Å². The van der Waals surface area contributed by atoms with Crippen molar-refractivity contribution in [2.75, 3.05) is 0 Å². The van der Waals surface area contributed by atoms with Crippen LogP contribution in [0.3, 0.4) is 0 Å². The molecule has 1 fully saturated rings. The summed E-state index contributed by atoms with van der Waals surface area (Å²) in [5, 5.41) is 15.2. The van der Waals surface area contributed by atoms with Crippen LogP contribution in [0.5, 0.6) is 0 Å². The molecule has 0 radical (unpaired) electrons. The molecule has 4 heteroatoms. The number of hydrogen-bond acceptors (Lipinski definition) is 3. The SMILES string of the molecule is CCCn1ncnc1CC1(O)CCCCC1(C)C. The first-order valence-electron chi connectivity index (χ1n) is 7.07. The predicted octanol–water partition coefficient (Wildman–Crippen LogP) is 2.56. The van der Waals surface area contributed by atoms with E-state index in [9.17, 15) is 5.11 Å². The summed E-state index contributed by atoms with van der Waals surface area (Å²) >= 11 is 0. The summed E-state index contributed by atoms with van der Waals surface area (Å²) in [7, 11) is 0. The van der Waals surface area contributed by atoms with E-state index < -0.39 is 5.60 Å². The van der Waals surface area contributed by atoms with Crippen LogP contribution < -0.4 is 0 Å². The van der Waals surface area contributed by atoms with Crippen LogP contribution in [-0.4, -0.2) is 25.5 Å². The lowest BCUT2D eigenvalue weighted by Gasteiger charge is -2.46. The fraction of sp³-hybridized carbons (Fsp3) is 0.857. The van der Waals surface area contributed by atoms with E-state index in [0.717, 1.165) is 38.1 Å². The normalized spacial score (nSPS) is 27.3. The standard InChI is InChI=1S/C14H25N3O/c1-4-9-17-12(15-11-16-17)10-14(18)8-6-5-7-13(14,2)3/h11,18H,4-10H2,1-3H3. The first-order chi connectivity index (χ1) is 8.48. The van der Waals surface area contributed by atoms with E-state index in [1.54, 1.807) is 6.33 Å². The third-order valence-corrected chi connectivity index (χ3v) is 4.48. The van der Waals surface area contributed by atoms with Crippen LogP contribution in [-0.2, 0) is 13.0 Å². The lowest BCUT2D eigenvalue weighted by molar-refractivity contribution is -0.0975. The zero-order valence-electron chi connectivity index (χ0n) is 11.8. The fourth-order valence-corrected chi connectivity index (χ4v) is 2.97. The molecule has 0 amide bonds. The van der Waals surface area contributed by atoms with Crippen molar-refractivity contribution in [1.29, 1.82) is 0 Å². The Bertz CT molecular complexity index is 399. The summed E-state index contributed by atoms with van der Waals surface area (Å²) in [6, 6.07) is 0. The van der Waals surface area contributed by atoms with Gasteiger partial charge in [-0.25, -0.2) is 4.98 Å². The largest absolute Gasteiger partial charge is 0.389 e. The predicted molar refractivity (Wildman–Crippen MR) is 71.2 cm³/mol. The molecule has 4 nitrogen and oxygen atoms in total. The first kappa shape index (κ1) is 13.5. The molecule has 1 atom stereocenters. The molecule has 1 saturated carbocycles. The minimum atomic E-state index is -0.635. The maximum Gasteiger partial charge on any atom is 0.138 e. The zero-order chi connectivity index (χ0) is 13.2. The van der Waals surface area contributed by atoms with Gasteiger partial charge in [0.2, 0.25) is 0 Å². The molecule has 1 aliphatic rings. The molecule has 0 spiro atoms. The average molecular weight is 251 g/mol. The van der Waals surface area contributed by atoms with Crippen LogP contribution in [0.2, 0.25) is 0 Å². The number of nitrogens with zero attached hydrogens (tertiary/aromatic N) is 3. The topological polar surface area (TPSA) is 50.9 Å². The van der Waals surface area contributed by atoms with Crippen LogP contribution in [0.15, 0.2) is 6.33 Å². The van der Waals surface area contributed by atoms with E-state index in [4.69, 9.17) is 0 Å². The van der Waals surface area contributed by atoms with E-state index in [1.165, 1.54) is 6.42 Å². The molecule has 1 unspecified atom stereocenters. The van der Waals surface area contributed by atoms with Crippen molar-refractivity contribution in [2.24, 2.45) is 5.41 Å². The number of aromatic nitrogens is 3. The van der Waals surface area contributed by atoms with Crippen molar-refractivity contribution in [2.45, 2.75) is 71.4 Å². The highest BCUT2D eigenvalue weighted by Gasteiger charge is 2.45. The minimum absolute atomic E-state index is 0.0335. The van der Waals surface area contributed by atoms with Gasteiger partial charge in [-0.15, -0.1) is 0 Å². The van der Waals surface area contributed by atoms with Gasteiger partial charge in [0.1, 0.15) is 12.2 Å². The van der Waals surface area contributed by atoms with Gasteiger partial charge in [0, 0.05) is 13.0 Å². The highest BCUT2D eigenvalue weighted by molar-refractivity contribution is 5.03. The van der Waals surface area contributed by atoms with Gasteiger partial charge in [0.05, 0.1) is 5.60 Å². The van der Waals surface area contributed by atoms with Crippen LogP contribution >= 0.6 is 0 Å². The van der Waals surface area contributed by atoms with E-state index >= 15 is 0 Å². The molecule has 0 aromatic carbocycles. The minimum Gasteiger partial charge on any atom is -0.389 e. The molecule has 0 bridgehead atoms. The summed E-state index contributed by atoms with van der Waals surface area (Å²) in [5.41, 5.74) is -0.669. The maximum absolute atomic E-state index is 11.0. The van der Waals surface area contributed by atoms with Crippen molar-refractivity contribution >= 4 is 0 Å². The van der Waals surface area contributed by atoms with Gasteiger partial charge in [-0.2, -0.15) is 5.10 Å². The van der Waals surface area contributed by atoms with Gasteiger partial charge < -0.3 is 5.11 Å². The lowest BCUT2D eigenvalue weighted by Crippen LogP contribution is -2.49. The van der Waals surface area contributed by atoms with Crippen molar-refractivity contribution < 1.29 is 5.11 Å². The molecule has 18 heavy (non-hydrogen) atoms.